The number of hydrogen-bond acceptors (Lipinski definition) is 1. The maximum Gasteiger partial charge on any atom is 0.0107 e. The van der Waals surface area contributed by atoms with Crippen molar-refractivity contribution in [1.29, 1.82) is 0 Å². The Bertz CT molecular complexity index is 197. The fourth-order valence-corrected chi connectivity index (χ4v) is 2.99. The molecule has 2 rings (SSSR count). The highest BCUT2D eigenvalue weighted by atomic mass is 15.0. The largest absolute Gasteiger partial charge is 0.311 e. The van der Waals surface area contributed by atoms with Crippen LogP contribution in [0, 0.1) is 5.92 Å². The fraction of sp³-hybridized carbons (Fsp3) is 0.846. The minimum Gasteiger partial charge on any atom is -0.311 e. The van der Waals surface area contributed by atoms with Gasteiger partial charge in [-0.05, 0) is 38.0 Å². The Morgan fingerprint density at radius 3 is 2.86 bits per heavy atom. The van der Waals surface area contributed by atoms with Gasteiger partial charge >= 0.3 is 0 Å². The highest BCUT2D eigenvalue weighted by Crippen LogP contribution is 2.29. The van der Waals surface area contributed by atoms with Crippen LogP contribution in [0.4, 0.5) is 0 Å². The maximum absolute atomic E-state index is 3.87. The van der Waals surface area contributed by atoms with Gasteiger partial charge in [-0.15, -0.1) is 0 Å². The Hall–Kier alpha value is -0.300. The molecule has 1 saturated carbocycles. The quantitative estimate of drug-likeness (QED) is 0.678. The van der Waals surface area contributed by atoms with E-state index in [1.165, 1.54) is 44.9 Å². The molecule has 80 valence electrons. The van der Waals surface area contributed by atoms with Crippen molar-refractivity contribution in [2.75, 3.05) is 0 Å². The number of hydrogen-bond donors (Lipinski definition) is 1. The van der Waals surface area contributed by atoms with E-state index in [1.807, 2.05) is 0 Å². The van der Waals surface area contributed by atoms with E-state index in [0.29, 0.717) is 0 Å². The van der Waals surface area contributed by atoms with Gasteiger partial charge in [0.15, 0.2) is 0 Å². The van der Waals surface area contributed by atoms with E-state index in [2.05, 4.69) is 24.4 Å². The van der Waals surface area contributed by atoms with Crippen LogP contribution in [-0.2, 0) is 0 Å². The van der Waals surface area contributed by atoms with Crippen LogP contribution in [0.1, 0.15) is 51.9 Å². The minimum atomic E-state index is 0.775. The second-order valence-corrected chi connectivity index (χ2v) is 4.85. The van der Waals surface area contributed by atoms with E-state index in [1.54, 1.807) is 0 Å². The van der Waals surface area contributed by atoms with Crippen molar-refractivity contribution in [3.8, 4) is 0 Å². The summed E-state index contributed by atoms with van der Waals surface area (Å²) in [5.41, 5.74) is 0. The molecular weight excluding hydrogens is 170 g/mol. The van der Waals surface area contributed by atoms with E-state index < -0.39 is 0 Å². The highest BCUT2D eigenvalue weighted by Gasteiger charge is 2.27. The summed E-state index contributed by atoms with van der Waals surface area (Å²) in [6, 6.07) is 1.61. The smallest absolute Gasteiger partial charge is 0.0107 e. The Morgan fingerprint density at radius 1 is 1.21 bits per heavy atom. The normalized spacial score (nSPS) is 37.6. The van der Waals surface area contributed by atoms with Crippen molar-refractivity contribution in [1.82, 2.24) is 5.32 Å². The lowest BCUT2D eigenvalue weighted by Crippen LogP contribution is -2.40. The summed E-state index contributed by atoms with van der Waals surface area (Å²) in [4.78, 5) is 0. The van der Waals surface area contributed by atoms with Gasteiger partial charge in [-0.25, -0.2) is 0 Å². The van der Waals surface area contributed by atoms with Gasteiger partial charge < -0.3 is 5.32 Å². The van der Waals surface area contributed by atoms with E-state index in [4.69, 9.17) is 0 Å². The summed E-state index contributed by atoms with van der Waals surface area (Å²) < 4.78 is 0. The first kappa shape index (κ1) is 10.2. The lowest BCUT2D eigenvalue weighted by molar-refractivity contribution is 0.335. The van der Waals surface area contributed by atoms with Gasteiger partial charge in [-0.3, -0.25) is 0 Å². The zero-order chi connectivity index (χ0) is 9.80. The molecule has 1 N–H and O–H groups in total. The standard InChI is InChI=1S/C13H23N/c1-2-11-7-6-10-13(11)14-12-8-4-3-5-9-12/h3-4,11-14H,2,5-10H2,1H3. The molecule has 3 atom stereocenters. The van der Waals surface area contributed by atoms with Crippen molar-refractivity contribution < 1.29 is 0 Å². The molecule has 1 heteroatoms. The molecule has 3 unspecified atom stereocenters. The van der Waals surface area contributed by atoms with Crippen LogP contribution in [0.2, 0.25) is 0 Å². The van der Waals surface area contributed by atoms with Crippen molar-refractivity contribution in [3.05, 3.63) is 12.2 Å². The minimum absolute atomic E-state index is 0.775. The van der Waals surface area contributed by atoms with Gasteiger partial charge in [-0.1, -0.05) is 31.9 Å². The molecule has 14 heavy (non-hydrogen) atoms. The second-order valence-electron chi connectivity index (χ2n) is 4.85. The molecule has 0 amide bonds. The van der Waals surface area contributed by atoms with Gasteiger partial charge in [0.2, 0.25) is 0 Å². The van der Waals surface area contributed by atoms with E-state index >= 15 is 0 Å². The van der Waals surface area contributed by atoms with Crippen molar-refractivity contribution >= 4 is 0 Å². The van der Waals surface area contributed by atoms with Crippen LogP contribution in [0.15, 0.2) is 12.2 Å². The molecule has 0 aromatic rings. The first-order valence-electron chi connectivity index (χ1n) is 6.31. The van der Waals surface area contributed by atoms with Gasteiger partial charge in [0.25, 0.3) is 0 Å². The molecule has 2 aliphatic carbocycles. The van der Waals surface area contributed by atoms with Crippen LogP contribution >= 0.6 is 0 Å². The molecule has 0 aliphatic heterocycles. The molecule has 0 aromatic carbocycles. The predicted octanol–water partition coefficient (Wildman–Crippen LogP) is 3.26. The monoisotopic (exact) mass is 193 g/mol. The van der Waals surface area contributed by atoms with Crippen molar-refractivity contribution in [2.24, 2.45) is 5.92 Å². The van der Waals surface area contributed by atoms with Crippen LogP contribution in [-0.4, -0.2) is 12.1 Å². The molecule has 0 saturated heterocycles. The van der Waals surface area contributed by atoms with Crippen LogP contribution in [0.3, 0.4) is 0 Å². The maximum atomic E-state index is 3.87. The van der Waals surface area contributed by atoms with Crippen LogP contribution < -0.4 is 5.32 Å². The first-order valence-corrected chi connectivity index (χ1v) is 6.31. The van der Waals surface area contributed by atoms with Crippen molar-refractivity contribution in [3.63, 3.8) is 0 Å². The third-order valence-electron chi connectivity index (χ3n) is 3.90. The van der Waals surface area contributed by atoms with Gasteiger partial charge in [-0.2, -0.15) is 0 Å². The summed E-state index contributed by atoms with van der Waals surface area (Å²) in [7, 11) is 0. The Labute approximate surface area is 88.0 Å². The fourth-order valence-electron chi connectivity index (χ4n) is 2.99. The molecule has 0 aromatic heterocycles. The second kappa shape index (κ2) is 4.97. The summed E-state index contributed by atoms with van der Waals surface area (Å²) >= 11 is 0. The highest BCUT2D eigenvalue weighted by molar-refractivity contribution is 4.95. The molecule has 0 heterocycles. The summed E-state index contributed by atoms with van der Waals surface area (Å²) in [6.45, 7) is 2.34. The molecule has 1 nitrogen and oxygen atoms in total. The SMILES string of the molecule is CCC1CCCC1NC1CC=CCC1. The Balaban J connectivity index is 1.81. The number of allylic oxidation sites excluding steroid dienone is 1. The molecule has 1 fully saturated rings. The van der Waals surface area contributed by atoms with Gasteiger partial charge in [0.05, 0.1) is 0 Å². The lowest BCUT2D eigenvalue weighted by Gasteiger charge is -2.27. The molecule has 0 bridgehead atoms. The van der Waals surface area contributed by atoms with Gasteiger partial charge in [0.1, 0.15) is 0 Å². The lowest BCUT2D eigenvalue weighted by atomic mass is 9.96. The third-order valence-corrected chi connectivity index (χ3v) is 3.90. The molecule has 0 spiro atoms. The summed E-state index contributed by atoms with van der Waals surface area (Å²) in [5.74, 6) is 0.959. The number of rotatable bonds is 3. The zero-order valence-corrected chi connectivity index (χ0v) is 9.34. The Morgan fingerprint density at radius 2 is 2.14 bits per heavy atom. The van der Waals surface area contributed by atoms with Gasteiger partial charge in [0, 0.05) is 12.1 Å². The van der Waals surface area contributed by atoms with Crippen LogP contribution in [0.5, 0.6) is 0 Å². The average Bonchev–Trinajstić information content (AvgIpc) is 2.67. The van der Waals surface area contributed by atoms with Crippen molar-refractivity contribution in [2.45, 2.75) is 64.0 Å². The van der Waals surface area contributed by atoms with E-state index in [0.717, 1.165) is 18.0 Å². The van der Waals surface area contributed by atoms with E-state index in [9.17, 15) is 0 Å². The predicted molar refractivity (Wildman–Crippen MR) is 61.3 cm³/mol. The molecule has 0 radical (unpaired) electrons. The van der Waals surface area contributed by atoms with E-state index in [-0.39, 0.29) is 0 Å². The topological polar surface area (TPSA) is 12.0 Å². The Kier molecular flexibility index (Phi) is 3.63. The zero-order valence-electron chi connectivity index (χ0n) is 9.34. The third kappa shape index (κ3) is 2.38. The molecular formula is C13H23N. The first-order chi connectivity index (χ1) is 6.90. The van der Waals surface area contributed by atoms with Crippen LogP contribution in [0.25, 0.3) is 0 Å². The summed E-state index contributed by atoms with van der Waals surface area (Å²) in [6.07, 6.45) is 14.2. The molecule has 2 aliphatic rings. The summed E-state index contributed by atoms with van der Waals surface area (Å²) in [5, 5.41) is 3.87. The number of nitrogens with one attached hydrogen (secondary N) is 1. The average molecular weight is 193 g/mol.